The summed E-state index contributed by atoms with van der Waals surface area (Å²) in [6.07, 6.45) is 1.10. The highest BCUT2D eigenvalue weighted by atomic mass is 32.2. The van der Waals surface area contributed by atoms with Gasteiger partial charge in [-0.3, -0.25) is 9.10 Å². The third-order valence-electron chi connectivity index (χ3n) is 4.02. The average molecular weight is 375 g/mol. The Labute approximate surface area is 156 Å². The summed E-state index contributed by atoms with van der Waals surface area (Å²) in [6, 6.07) is 14.6. The summed E-state index contributed by atoms with van der Waals surface area (Å²) < 4.78 is 25.5. The summed E-state index contributed by atoms with van der Waals surface area (Å²) in [5.41, 5.74) is 3.04. The molecule has 2 aromatic carbocycles. The molecule has 0 spiro atoms. The van der Waals surface area contributed by atoms with Gasteiger partial charge in [-0.25, -0.2) is 8.42 Å². The van der Waals surface area contributed by atoms with Crippen LogP contribution in [0.2, 0.25) is 0 Å². The van der Waals surface area contributed by atoms with E-state index in [2.05, 4.69) is 26.1 Å². The van der Waals surface area contributed by atoms with Crippen LogP contribution in [0.15, 0.2) is 48.5 Å². The van der Waals surface area contributed by atoms with Crippen LogP contribution in [0.5, 0.6) is 0 Å². The number of aryl methyl sites for hydroxylation is 1. The second-order valence-electron chi connectivity index (χ2n) is 7.45. The fourth-order valence-corrected chi connectivity index (χ4v) is 3.53. The molecule has 0 aliphatic rings. The number of sulfonamides is 1. The summed E-state index contributed by atoms with van der Waals surface area (Å²) in [6.45, 7) is 7.83. The topological polar surface area (TPSA) is 66.5 Å². The molecule has 0 aliphatic carbocycles. The van der Waals surface area contributed by atoms with Crippen molar-refractivity contribution in [3.63, 3.8) is 0 Å². The molecule has 0 saturated carbocycles. The lowest BCUT2D eigenvalue weighted by Crippen LogP contribution is -2.37. The van der Waals surface area contributed by atoms with Gasteiger partial charge in [-0.05, 0) is 36.1 Å². The van der Waals surface area contributed by atoms with Gasteiger partial charge in [0.2, 0.25) is 15.9 Å². The number of benzene rings is 2. The van der Waals surface area contributed by atoms with E-state index >= 15 is 0 Å². The van der Waals surface area contributed by atoms with E-state index in [0.29, 0.717) is 11.4 Å². The van der Waals surface area contributed by atoms with Crippen LogP contribution in [-0.2, 0) is 20.2 Å². The Morgan fingerprint density at radius 3 is 2.15 bits per heavy atom. The van der Waals surface area contributed by atoms with E-state index in [1.165, 1.54) is 0 Å². The highest BCUT2D eigenvalue weighted by Gasteiger charge is 2.23. The second-order valence-corrected chi connectivity index (χ2v) is 9.36. The van der Waals surface area contributed by atoms with Crippen molar-refractivity contribution in [2.45, 2.75) is 33.1 Å². The number of nitrogens with one attached hydrogen (secondary N) is 1. The molecule has 0 atom stereocenters. The van der Waals surface area contributed by atoms with Crippen LogP contribution >= 0.6 is 0 Å². The van der Waals surface area contributed by atoms with E-state index < -0.39 is 10.0 Å². The van der Waals surface area contributed by atoms with Crippen LogP contribution in [0.25, 0.3) is 0 Å². The number of anilines is 2. The van der Waals surface area contributed by atoms with Gasteiger partial charge in [0.25, 0.3) is 0 Å². The first-order valence-electron chi connectivity index (χ1n) is 8.42. The third kappa shape index (κ3) is 5.08. The molecule has 0 aliphatic heterocycles. The number of rotatable bonds is 5. The van der Waals surface area contributed by atoms with Gasteiger partial charge in [-0.2, -0.15) is 0 Å². The molecule has 0 unspecified atom stereocenters. The second kappa shape index (κ2) is 7.50. The van der Waals surface area contributed by atoms with Crippen molar-refractivity contribution in [2.75, 3.05) is 22.4 Å². The number of carbonyl (C=O) groups is 1. The number of hydrogen-bond donors (Lipinski definition) is 1. The van der Waals surface area contributed by atoms with Crippen LogP contribution in [-0.4, -0.2) is 27.1 Å². The Bertz CT molecular complexity index is 882. The van der Waals surface area contributed by atoms with E-state index in [1.54, 1.807) is 12.1 Å². The normalized spacial score (nSPS) is 11.9. The molecule has 0 bridgehead atoms. The monoisotopic (exact) mass is 374 g/mol. The largest absolute Gasteiger partial charge is 0.324 e. The maximum absolute atomic E-state index is 12.6. The molecular formula is C20H26N2O3S. The van der Waals surface area contributed by atoms with Crippen molar-refractivity contribution in [2.24, 2.45) is 0 Å². The Hall–Kier alpha value is -2.34. The van der Waals surface area contributed by atoms with E-state index in [1.807, 2.05) is 43.3 Å². The van der Waals surface area contributed by atoms with Crippen molar-refractivity contribution in [3.05, 3.63) is 59.7 Å². The lowest BCUT2D eigenvalue weighted by Gasteiger charge is -2.25. The smallest absolute Gasteiger partial charge is 0.245 e. The van der Waals surface area contributed by atoms with Crippen LogP contribution in [0.1, 0.15) is 31.9 Å². The van der Waals surface area contributed by atoms with Gasteiger partial charge < -0.3 is 5.32 Å². The molecule has 1 amide bonds. The van der Waals surface area contributed by atoms with Crippen LogP contribution < -0.4 is 9.62 Å². The van der Waals surface area contributed by atoms with Crippen molar-refractivity contribution in [1.82, 2.24) is 0 Å². The minimum absolute atomic E-state index is 0.142. The zero-order valence-corrected chi connectivity index (χ0v) is 16.7. The fourth-order valence-electron chi connectivity index (χ4n) is 2.68. The van der Waals surface area contributed by atoms with Gasteiger partial charge >= 0.3 is 0 Å². The van der Waals surface area contributed by atoms with Crippen LogP contribution in [0, 0.1) is 6.92 Å². The molecule has 0 fully saturated rings. The third-order valence-corrected chi connectivity index (χ3v) is 5.16. The van der Waals surface area contributed by atoms with Gasteiger partial charge in [0.1, 0.15) is 6.54 Å². The van der Waals surface area contributed by atoms with Crippen molar-refractivity contribution < 1.29 is 13.2 Å². The van der Waals surface area contributed by atoms with Crippen LogP contribution in [0.3, 0.4) is 0 Å². The Balaban J connectivity index is 2.26. The molecular weight excluding hydrogens is 348 g/mol. The highest BCUT2D eigenvalue weighted by molar-refractivity contribution is 7.92. The molecule has 0 radical (unpaired) electrons. The van der Waals surface area contributed by atoms with E-state index in [0.717, 1.165) is 21.7 Å². The molecule has 5 nitrogen and oxygen atoms in total. The lowest BCUT2D eigenvalue weighted by molar-refractivity contribution is -0.114. The van der Waals surface area contributed by atoms with Gasteiger partial charge in [0, 0.05) is 5.69 Å². The van der Waals surface area contributed by atoms with Crippen LogP contribution in [0.4, 0.5) is 11.4 Å². The maximum atomic E-state index is 12.6. The predicted molar refractivity (Wildman–Crippen MR) is 107 cm³/mol. The van der Waals surface area contributed by atoms with Crippen molar-refractivity contribution in [1.29, 1.82) is 0 Å². The Morgan fingerprint density at radius 2 is 1.62 bits per heavy atom. The molecule has 0 heterocycles. The minimum atomic E-state index is -3.58. The number of para-hydroxylation sites is 1. The summed E-state index contributed by atoms with van der Waals surface area (Å²) in [5, 5.41) is 2.86. The molecule has 2 rings (SSSR count). The lowest BCUT2D eigenvalue weighted by atomic mass is 9.86. The predicted octanol–water partition coefficient (Wildman–Crippen LogP) is 3.70. The zero-order valence-electron chi connectivity index (χ0n) is 15.9. The SMILES string of the molecule is Cc1ccc(N(CC(=O)Nc2ccccc2C(C)(C)C)S(C)(=O)=O)cc1. The quantitative estimate of drug-likeness (QED) is 0.868. The number of amides is 1. The number of carbonyl (C=O) groups excluding carboxylic acids is 1. The first-order valence-corrected chi connectivity index (χ1v) is 10.3. The van der Waals surface area contributed by atoms with E-state index in [4.69, 9.17) is 0 Å². The molecule has 0 saturated heterocycles. The Morgan fingerprint density at radius 1 is 1.04 bits per heavy atom. The summed E-state index contributed by atoms with van der Waals surface area (Å²) in [4.78, 5) is 12.6. The zero-order chi connectivity index (χ0) is 19.5. The first kappa shape index (κ1) is 20.0. The Kier molecular flexibility index (Phi) is 5.76. The summed E-state index contributed by atoms with van der Waals surface area (Å²) >= 11 is 0. The first-order chi connectivity index (χ1) is 12.0. The molecule has 6 heteroatoms. The molecule has 1 N–H and O–H groups in total. The van der Waals surface area contributed by atoms with Gasteiger partial charge in [0.15, 0.2) is 0 Å². The molecule has 140 valence electrons. The number of nitrogens with zero attached hydrogens (tertiary/aromatic N) is 1. The average Bonchev–Trinajstić information content (AvgIpc) is 2.52. The van der Waals surface area contributed by atoms with Gasteiger partial charge in [-0.1, -0.05) is 56.7 Å². The summed E-state index contributed by atoms with van der Waals surface area (Å²) in [5.74, 6) is -0.382. The highest BCUT2D eigenvalue weighted by Crippen LogP contribution is 2.29. The molecule has 2 aromatic rings. The van der Waals surface area contributed by atoms with Gasteiger partial charge in [-0.15, -0.1) is 0 Å². The van der Waals surface area contributed by atoms with Crippen molar-refractivity contribution >= 4 is 27.3 Å². The number of hydrogen-bond acceptors (Lipinski definition) is 3. The standard InChI is InChI=1S/C20H26N2O3S/c1-15-10-12-16(13-11-15)22(26(5,24)25)14-19(23)21-18-9-7-6-8-17(18)20(2,3)4/h6-13H,14H2,1-5H3,(H,21,23). The molecule has 0 aromatic heterocycles. The molecule has 26 heavy (non-hydrogen) atoms. The van der Waals surface area contributed by atoms with E-state index in [9.17, 15) is 13.2 Å². The minimum Gasteiger partial charge on any atom is -0.324 e. The summed E-state index contributed by atoms with van der Waals surface area (Å²) in [7, 11) is -3.58. The fraction of sp³-hybridized carbons (Fsp3) is 0.350. The van der Waals surface area contributed by atoms with Crippen molar-refractivity contribution in [3.8, 4) is 0 Å². The maximum Gasteiger partial charge on any atom is 0.245 e. The van der Waals surface area contributed by atoms with Gasteiger partial charge in [0.05, 0.1) is 11.9 Å². The van der Waals surface area contributed by atoms with E-state index in [-0.39, 0.29) is 17.9 Å².